The molecule has 7 heteroatoms. The maximum Gasteiger partial charge on any atom is 0.254 e. The summed E-state index contributed by atoms with van der Waals surface area (Å²) < 4.78 is 10.6. The van der Waals surface area contributed by atoms with Gasteiger partial charge >= 0.3 is 0 Å². The molecule has 0 unspecified atom stereocenters. The van der Waals surface area contributed by atoms with Crippen LogP contribution < -0.4 is 20.1 Å². The number of piperidine rings is 1. The minimum atomic E-state index is -0.0761. The van der Waals surface area contributed by atoms with Crippen molar-refractivity contribution in [1.29, 1.82) is 0 Å². The normalized spacial score (nSPS) is 14.8. The molecule has 0 bridgehead atoms. The highest BCUT2D eigenvalue weighted by molar-refractivity contribution is 5.95. The van der Waals surface area contributed by atoms with Gasteiger partial charge in [0.1, 0.15) is 0 Å². The number of amides is 1. The Kier molecular flexibility index (Phi) is 6.12. The molecule has 1 aliphatic rings. The fraction of sp³-hybridized carbons (Fsp3) is 0.474. The lowest BCUT2D eigenvalue weighted by Crippen LogP contribution is -2.30. The van der Waals surface area contributed by atoms with E-state index in [0.29, 0.717) is 35.9 Å². The number of aromatic nitrogens is 2. The number of nitrogens with zero attached hydrogens (tertiary/aromatic N) is 1. The Morgan fingerprint density at radius 2 is 2.00 bits per heavy atom. The summed E-state index contributed by atoms with van der Waals surface area (Å²) in [6.07, 6.45) is 4.39. The van der Waals surface area contributed by atoms with E-state index in [1.165, 1.54) is 0 Å². The second-order valence-electron chi connectivity index (χ2n) is 6.42. The lowest BCUT2D eigenvalue weighted by atomic mass is 9.92. The molecular formula is C19H26N4O3. The highest BCUT2D eigenvalue weighted by Crippen LogP contribution is 2.28. The second kappa shape index (κ2) is 8.71. The van der Waals surface area contributed by atoms with Gasteiger partial charge < -0.3 is 20.1 Å². The minimum absolute atomic E-state index is 0.0761. The van der Waals surface area contributed by atoms with Crippen molar-refractivity contribution in [2.45, 2.75) is 25.2 Å². The van der Waals surface area contributed by atoms with Crippen LogP contribution in [0.5, 0.6) is 11.5 Å². The largest absolute Gasteiger partial charge is 0.493 e. The first-order valence-electron chi connectivity index (χ1n) is 8.96. The van der Waals surface area contributed by atoms with Crippen LogP contribution in [0.15, 0.2) is 24.4 Å². The second-order valence-corrected chi connectivity index (χ2v) is 6.42. The first-order chi connectivity index (χ1) is 12.7. The van der Waals surface area contributed by atoms with Crippen LogP contribution in [-0.2, 0) is 6.42 Å². The molecular weight excluding hydrogens is 332 g/mol. The van der Waals surface area contributed by atoms with Crippen molar-refractivity contribution in [2.75, 3.05) is 33.9 Å². The molecule has 7 nitrogen and oxygen atoms in total. The van der Waals surface area contributed by atoms with Gasteiger partial charge in [-0.1, -0.05) is 6.07 Å². The molecule has 26 heavy (non-hydrogen) atoms. The topological polar surface area (TPSA) is 88.3 Å². The number of nitrogens with one attached hydrogen (secondary N) is 3. The molecule has 1 fully saturated rings. The van der Waals surface area contributed by atoms with Gasteiger partial charge in [0, 0.05) is 12.5 Å². The SMILES string of the molecule is COc1ccc(CCNC(=O)c2cn[nH]c2C2CCNCC2)cc1OC. The van der Waals surface area contributed by atoms with Gasteiger partial charge in [-0.2, -0.15) is 5.10 Å². The van der Waals surface area contributed by atoms with Crippen LogP contribution in [0.3, 0.4) is 0 Å². The molecule has 1 aromatic carbocycles. The van der Waals surface area contributed by atoms with E-state index in [9.17, 15) is 4.79 Å². The fourth-order valence-electron chi connectivity index (χ4n) is 3.35. The van der Waals surface area contributed by atoms with E-state index < -0.39 is 0 Å². The zero-order valence-corrected chi connectivity index (χ0v) is 15.3. The third-order valence-electron chi connectivity index (χ3n) is 4.81. The summed E-state index contributed by atoms with van der Waals surface area (Å²) in [5, 5.41) is 13.4. The van der Waals surface area contributed by atoms with E-state index >= 15 is 0 Å². The summed E-state index contributed by atoms with van der Waals surface area (Å²) in [7, 11) is 3.23. The quantitative estimate of drug-likeness (QED) is 0.703. The van der Waals surface area contributed by atoms with Crippen molar-refractivity contribution in [3.05, 3.63) is 41.2 Å². The molecule has 0 saturated carbocycles. The number of aromatic amines is 1. The number of hydrogen-bond acceptors (Lipinski definition) is 5. The van der Waals surface area contributed by atoms with E-state index in [2.05, 4.69) is 20.8 Å². The number of H-pyrrole nitrogens is 1. The van der Waals surface area contributed by atoms with Crippen molar-refractivity contribution in [1.82, 2.24) is 20.8 Å². The van der Waals surface area contributed by atoms with Gasteiger partial charge in [0.15, 0.2) is 11.5 Å². The maximum atomic E-state index is 12.6. The first-order valence-corrected chi connectivity index (χ1v) is 8.96. The van der Waals surface area contributed by atoms with Crippen molar-refractivity contribution < 1.29 is 14.3 Å². The fourth-order valence-corrected chi connectivity index (χ4v) is 3.35. The highest BCUT2D eigenvalue weighted by atomic mass is 16.5. The van der Waals surface area contributed by atoms with Crippen LogP contribution >= 0.6 is 0 Å². The summed E-state index contributed by atoms with van der Waals surface area (Å²) in [4.78, 5) is 12.6. The number of methoxy groups -OCH3 is 2. The van der Waals surface area contributed by atoms with Gasteiger partial charge in [-0.3, -0.25) is 9.89 Å². The van der Waals surface area contributed by atoms with E-state index in [1.807, 2.05) is 18.2 Å². The zero-order valence-electron chi connectivity index (χ0n) is 15.3. The summed E-state index contributed by atoms with van der Waals surface area (Å²) in [5.41, 5.74) is 2.69. The lowest BCUT2D eigenvalue weighted by molar-refractivity contribution is 0.0952. The summed E-state index contributed by atoms with van der Waals surface area (Å²) >= 11 is 0. The smallest absolute Gasteiger partial charge is 0.254 e. The Morgan fingerprint density at radius 3 is 2.73 bits per heavy atom. The third-order valence-corrected chi connectivity index (χ3v) is 4.81. The molecule has 0 aliphatic carbocycles. The number of carbonyl (C=O) groups excluding carboxylic acids is 1. The number of hydrogen-bond donors (Lipinski definition) is 3. The molecule has 1 aromatic heterocycles. The van der Waals surface area contributed by atoms with Gasteiger partial charge in [-0.05, 0) is 50.0 Å². The van der Waals surface area contributed by atoms with Crippen LogP contribution in [0.4, 0.5) is 0 Å². The molecule has 0 spiro atoms. The Bertz CT molecular complexity index is 738. The molecule has 140 valence electrons. The number of rotatable bonds is 7. The lowest BCUT2D eigenvalue weighted by Gasteiger charge is -2.22. The molecule has 1 amide bonds. The average Bonchev–Trinajstić information content (AvgIpc) is 3.18. The Labute approximate surface area is 153 Å². The zero-order chi connectivity index (χ0) is 18.4. The number of benzene rings is 1. The highest BCUT2D eigenvalue weighted by Gasteiger charge is 2.23. The minimum Gasteiger partial charge on any atom is -0.493 e. The molecule has 3 N–H and O–H groups in total. The number of carbonyl (C=O) groups is 1. The molecule has 2 aromatic rings. The number of ether oxygens (including phenoxy) is 2. The van der Waals surface area contributed by atoms with Crippen molar-refractivity contribution in [3.8, 4) is 11.5 Å². The molecule has 1 saturated heterocycles. The van der Waals surface area contributed by atoms with Crippen molar-refractivity contribution in [3.63, 3.8) is 0 Å². The molecule has 0 radical (unpaired) electrons. The molecule has 3 rings (SSSR count). The van der Waals surface area contributed by atoms with Crippen LogP contribution in [0, 0.1) is 0 Å². The molecule has 2 heterocycles. The van der Waals surface area contributed by atoms with E-state index in [1.54, 1.807) is 20.4 Å². The van der Waals surface area contributed by atoms with E-state index in [0.717, 1.165) is 37.2 Å². The van der Waals surface area contributed by atoms with Crippen LogP contribution in [-0.4, -0.2) is 50.0 Å². The Morgan fingerprint density at radius 1 is 1.23 bits per heavy atom. The van der Waals surface area contributed by atoms with Gasteiger partial charge in [-0.15, -0.1) is 0 Å². The Balaban J connectivity index is 1.57. The molecule has 1 aliphatic heterocycles. The van der Waals surface area contributed by atoms with E-state index in [-0.39, 0.29) is 5.91 Å². The Hall–Kier alpha value is -2.54. The predicted octanol–water partition coefficient (Wildman–Crippen LogP) is 1.87. The van der Waals surface area contributed by atoms with Crippen LogP contribution in [0.1, 0.15) is 40.4 Å². The van der Waals surface area contributed by atoms with E-state index in [4.69, 9.17) is 9.47 Å². The first kappa shape index (κ1) is 18.3. The van der Waals surface area contributed by atoms with Gasteiger partial charge in [0.2, 0.25) is 0 Å². The monoisotopic (exact) mass is 358 g/mol. The summed E-state index contributed by atoms with van der Waals surface area (Å²) in [6.45, 7) is 2.50. The standard InChI is InChI=1S/C19H26N4O3/c1-25-16-4-3-13(11-17(16)26-2)5-10-21-19(24)15-12-22-23-18(15)14-6-8-20-9-7-14/h3-4,11-12,14,20H,5-10H2,1-2H3,(H,21,24)(H,22,23). The van der Waals surface area contributed by atoms with Gasteiger partial charge in [0.05, 0.1) is 31.7 Å². The van der Waals surface area contributed by atoms with Crippen molar-refractivity contribution >= 4 is 5.91 Å². The van der Waals surface area contributed by atoms with Gasteiger partial charge in [0.25, 0.3) is 5.91 Å². The summed E-state index contributed by atoms with van der Waals surface area (Å²) in [5.74, 6) is 1.68. The third kappa shape index (κ3) is 4.16. The van der Waals surface area contributed by atoms with Crippen LogP contribution in [0.25, 0.3) is 0 Å². The maximum absolute atomic E-state index is 12.6. The van der Waals surface area contributed by atoms with Gasteiger partial charge in [-0.25, -0.2) is 0 Å². The molecule has 0 atom stereocenters. The average molecular weight is 358 g/mol. The summed E-state index contributed by atoms with van der Waals surface area (Å²) in [6, 6.07) is 5.79. The van der Waals surface area contributed by atoms with Crippen molar-refractivity contribution in [2.24, 2.45) is 0 Å². The van der Waals surface area contributed by atoms with Crippen LogP contribution in [0.2, 0.25) is 0 Å². The predicted molar refractivity (Wildman–Crippen MR) is 99.0 cm³/mol.